The van der Waals surface area contributed by atoms with Gasteiger partial charge in [0, 0.05) is 24.4 Å². The first-order chi connectivity index (χ1) is 6.74. The highest BCUT2D eigenvalue weighted by Crippen LogP contribution is 2.05. The standard InChI is InChI=1S/C11H12NO2/c12-10(6-7-13)8-11(14)9-4-2-1-3-5-9/h2-5,7,10H,6,8,12H2. The number of nitrogens with two attached hydrogens (primary N) is 1. The van der Waals surface area contributed by atoms with Crippen LogP contribution in [0.25, 0.3) is 0 Å². The molecular formula is C11H12NO2. The van der Waals surface area contributed by atoms with Crippen LogP contribution in [0.3, 0.4) is 0 Å². The van der Waals surface area contributed by atoms with Gasteiger partial charge in [0.25, 0.3) is 0 Å². The van der Waals surface area contributed by atoms with E-state index in [4.69, 9.17) is 5.73 Å². The number of carbonyl (C=O) groups is 2. The minimum Gasteiger partial charge on any atom is -0.327 e. The number of hydrogen-bond acceptors (Lipinski definition) is 3. The lowest BCUT2D eigenvalue weighted by Gasteiger charge is -2.06. The van der Waals surface area contributed by atoms with Crippen LogP contribution in [-0.2, 0) is 4.79 Å². The lowest BCUT2D eigenvalue weighted by atomic mass is 10.0. The summed E-state index contributed by atoms with van der Waals surface area (Å²) in [5.41, 5.74) is 6.18. The van der Waals surface area contributed by atoms with E-state index in [1.807, 2.05) is 0 Å². The summed E-state index contributed by atoms with van der Waals surface area (Å²) >= 11 is 0. The molecule has 0 aromatic heterocycles. The monoisotopic (exact) mass is 190 g/mol. The number of carbonyl (C=O) groups excluding carboxylic acids is 2. The van der Waals surface area contributed by atoms with E-state index >= 15 is 0 Å². The van der Waals surface area contributed by atoms with Crippen LogP contribution < -0.4 is 5.73 Å². The Kier molecular flexibility index (Phi) is 4.01. The number of benzene rings is 1. The lowest BCUT2D eigenvalue weighted by Crippen LogP contribution is -2.24. The van der Waals surface area contributed by atoms with Gasteiger partial charge in [-0.25, -0.2) is 0 Å². The third-order valence-electron chi connectivity index (χ3n) is 1.89. The molecule has 0 saturated heterocycles. The first-order valence-electron chi connectivity index (χ1n) is 4.42. The van der Waals surface area contributed by atoms with Gasteiger partial charge in [0.2, 0.25) is 0 Å². The van der Waals surface area contributed by atoms with Crippen LogP contribution in [0.2, 0.25) is 0 Å². The molecule has 0 aliphatic heterocycles. The van der Waals surface area contributed by atoms with Crippen molar-refractivity contribution < 1.29 is 9.59 Å². The molecule has 2 N–H and O–H groups in total. The molecule has 1 aromatic rings. The second-order valence-electron chi connectivity index (χ2n) is 3.08. The van der Waals surface area contributed by atoms with Crippen molar-refractivity contribution in [3.63, 3.8) is 0 Å². The fourth-order valence-corrected chi connectivity index (χ4v) is 1.14. The quantitative estimate of drug-likeness (QED) is 0.556. The Morgan fingerprint density at radius 3 is 2.71 bits per heavy atom. The van der Waals surface area contributed by atoms with Crippen molar-refractivity contribution >= 4 is 12.1 Å². The fourth-order valence-electron chi connectivity index (χ4n) is 1.14. The SMILES string of the molecule is NC(CC=O)CC(=O)c1cc[c]cc1. The van der Waals surface area contributed by atoms with Crippen LogP contribution in [0.15, 0.2) is 24.3 Å². The van der Waals surface area contributed by atoms with E-state index in [1.54, 1.807) is 24.3 Å². The van der Waals surface area contributed by atoms with Crippen LogP contribution in [-0.4, -0.2) is 18.1 Å². The molecule has 0 heterocycles. The molecule has 14 heavy (non-hydrogen) atoms. The van der Waals surface area contributed by atoms with Gasteiger partial charge in [-0.05, 0) is 6.07 Å². The molecule has 1 atom stereocenters. The molecule has 73 valence electrons. The zero-order valence-corrected chi connectivity index (χ0v) is 7.77. The van der Waals surface area contributed by atoms with Crippen LogP contribution in [0.1, 0.15) is 23.2 Å². The summed E-state index contributed by atoms with van der Waals surface area (Å²) in [6.45, 7) is 0. The highest BCUT2D eigenvalue weighted by molar-refractivity contribution is 5.96. The van der Waals surface area contributed by atoms with Crippen molar-refractivity contribution in [3.8, 4) is 0 Å². The first-order valence-corrected chi connectivity index (χ1v) is 4.42. The number of Topliss-reactive ketones (excluding diaryl/α,β-unsaturated/α-hetero) is 1. The van der Waals surface area contributed by atoms with Crippen LogP contribution in [0.4, 0.5) is 0 Å². The second-order valence-corrected chi connectivity index (χ2v) is 3.08. The normalized spacial score (nSPS) is 12.1. The average molecular weight is 190 g/mol. The first kappa shape index (κ1) is 10.6. The predicted octanol–water partition coefficient (Wildman–Crippen LogP) is 0.976. The molecule has 0 bridgehead atoms. The Balaban J connectivity index is 2.55. The van der Waals surface area contributed by atoms with Gasteiger partial charge in [-0.15, -0.1) is 0 Å². The summed E-state index contributed by atoms with van der Waals surface area (Å²) in [6, 6.07) is 9.19. The average Bonchev–Trinajstić information content (AvgIpc) is 2.19. The number of aldehydes is 1. The molecule has 1 unspecified atom stereocenters. The molecular weight excluding hydrogens is 178 g/mol. The minimum absolute atomic E-state index is 0.0339. The Hall–Kier alpha value is -1.48. The molecule has 3 heteroatoms. The Morgan fingerprint density at radius 1 is 1.50 bits per heavy atom. The van der Waals surface area contributed by atoms with Gasteiger partial charge in [0.1, 0.15) is 6.29 Å². The molecule has 0 spiro atoms. The fraction of sp³-hybridized carbons (Fsp3) is 0.273. The number of rotatable bonds is 5. The van der Waals surface area contributed by atoms with Gasteiger partial charge >= 0.3 is 0 Å². The Morgan fingerprint density at radius 2 is 2.14 bits per heavy atom. The van der Waals surface area contributed by atoms with E-state index in [0.29, 0.717) is 5.56 Å². The van der Waals surface area contributed by atoms with Crippen LogP contribution in [0, 0.1) is 6.07 Å². The summed E-state index contributed by atoms with van der Waals surface area (Å²) in [5, 5.41) is 0. The van der Waals surface area contributed by atoms with E-state index in [0.717, 1.165) is 6.29 Å². The van der Waals surface area contributed by atoms with Gasteiger partial charge in [0.05, 0.1) is 0 Å². The summed E-state index contributed by atoms with van der Waals surface area (Å²) in [4.78, 5) is 21.7. The minimum atomic E-state index is -0.371. The Labute approximate surface area is 82.9 Å². The van der Waals surface area contributed by atoms with Crippen molar-refractivity contribution in [3.05, 3.63) is 35.9 Å². The molecule has 0 saturated carbocycles. The lowest BCUT2D eigenvalue weighted by molar-refractivity contribution is -0.108. The highest BCUT2D eigenvalue weighted by Gasteiger charge is 2.10. The molecule has 0 fully saturated rings. The largest absolute Gasteiger partial charge is 0.327 e. The maximum Gasteiger partial charge on any atom is 0.164 e. The number of hydrogen-bond donors (Lipinski definition) is 1. The van der Waals surface area contributed by atoms with Crippen molar-refractivity contribution in [1.82, 2.24) is 0 Å². The van der Waals surface area contributed by atoms with E-state index in [1.165, 1.54) is 0 Å². The summed E-state index contributed by atoms with van der Waals surface area (Å²) < 4.78 is 0. The highest BCUT2D eigenvalue weighted by atomic mass is 16.1. The second kappa shape index (κ2) is 5.29. The zero-order valence-electron chi connectivity index (χ0n) is 7.77. The number of ketones is 1. The summed E-state index contributed by atoms with van der Waals surface area (Å²) in [5.74, 6) is -0.0339. The van der Waals surface area contributed by atoms with Crippen LogP contribution >= 0.6 is 0 Å². The van der Waals surface area contributed by atoms with E-state index in [9.17, 15) is 9.59 Å². The molecule has 0 amide bonds. The molecule has 1 rings (SSSR count). The molecule has 1 radical (unpaired) electrons. The van der Waals surface area contributed by atoms with Crippen molar-refractivity contribution in [2.75, 3.05) is 0 Å². The molecule has 0 aliphatic carbocycles. The summed E-state index contributed by atoms with van der Waals surface area (Å²) in [7, 11) is 0. The molecule has 0 aliphatic rings. The van der Waals surface area contributed by atoms with Gasteiger partial charge in [-0.3, -0.25) is 4.79 Å². The van der Waals surface area contributed by atoms with Gasteiger partial charge in [-0.2, -0.15) is 0 Å². The van der Waals surface area contributed by atoms with Crippen molar-refractivity contribution in [2.24, 2.45) is 5.73 Å². The third kappa shape index (κ3) is 3.11. The molecule has 1 aromatic carbocycles. The van der Waals surface area contributed by atoms with E-state index < -0.39 is 0 Å². The maximum atomic E-state index is 11.5. The van der Waals surface area contributed by atoms with E-state index in [2.05, 4.69) is 6.07 Å². The van der Waals surface area contributed by atoms with Crippen LogP contribution in [0.5, 0.6) is 0 Å². The zero-order chi connectivity index (χ0) is 10.4. The Bertz CT molecular complexity index is 308. The van der Waals surface area contributed by atoms with Gasteiger partial charge < -0.3 is 10.5 Å². The van der Waals surface area contributed by atoms with Crippen molar-refractivity contribution in [1.29, 1.82) is 0 Å². The summed E-state index contributed by atoms with van der Waals surface area (Å²) in [6.07, 6.45) is 1.17. The maximum absolute atomic E-state index is 11.5. The van der Waals surface area contributed by atoms with E-state index in [-0.39, 0.29) is 24.7 Å². The molecule has 3 nitrogen and oxygen atoms in total. The van der Waals surface area contributed by atoms with Gasteiger partial charge in [0.15, 0.2) is 5.78 Å². The predicted molar refractivity (Wildman–Crippen MR) is 52.9 cm³/mol. The van der Waals surface area contributed by atoms with Gasteiger partial charge in [-0.1, -0.05) is 24.3 Å². The van der Waals surface area contributed by atoms with Crippen molar-refractivity contribution in [2.45, 2.75) is 18.9 Å². The third-order valence-corrected chi connectivity index (χ3v) is 1.89. The topological polar surface area (TPSA) is 60.2 Å². The smallest absolute Gasteiger partial charge is 0.164 e.